The zero-order chi connectivity index (χ0) is 37.6. The van der Waals surface area contributed by atoms with Gasteiger partial charge in [0.25, 0.3) is 5.91 Å². The number of Topliss-reactive ketones (excluding diaryl/α,β-unsaturated/α-hetero) is 1. The molecule has 52 heavy (non-hydrogen) atoms. The van der Waals surface area contributed by atoms with E-state index in [1.165, 1.54) is 19.3 Å². The molecule has 12 nitrogen and oxygen atoms in total. The Hall–Kier alpha value is -3.44. The number of ketones is 1. The van der Waals surface area contributed by atoms with Gasteiger partial charge in [-0.15, -0.1) is 6.58 Å². The summed E-state index contributed by atoms with van der Waals surface area (Å²) in [6.45, 7) is 13.5. The zero-order valence-corrected chi connectivity index (χ0v) is 31.9. The number of esters is 1. The number of rotatable bonds is 14. The van der Waals surface area contributed by atoms with Crippen LogP contribution in [0.4, 0.5) is 4.79 Å². The number of carbonyl (C=O) groups excluding carboxylic acids is 6. The molecule has 3 bridgehead atoms. The lowest BCUT2D eigenvalue weighted by atomic mass is 9.69. The molecule has 6 aliphatic rings. The Morgan fingerprint density at radius 1 is 0.981 bits per heavy atom. The number of hydrogen-bond donors (Lipinski definition) is 4. The van der Waals surface area contributed by atoms with Crippen LogP contribution in [0.1, 0.15) is 118 Å². The van der Waals surface area contributed by atoms with Gasteiger partial charge in [0.05, 0.1) is 12.5 Å². The molecule has 5 saturated carbocycles. The lowest BCUT2D eigenvalue weighted by molar-refractivity contribution is -0.154. The molecule has 5 aliphatic carbocycles. The van der Waals surface area contributed by atoms with Crippen LogP contribution >= 0.6 is 0 Å². The second kappa shape index (κ2) is 14.8. The van der Waals surface area contributed by atoms with E-state index < -0.39 is 47.3 Å². The maximum atomic E-state index is 14.6. The summed E-state index contributed by atoms with van der Waals surface area (Å²) < 4.78 is 5.27. The van der Waals surface area contributed by atoms with E-state index >= 15 is 0 Å². The second-order valence-electron chi connectivity index (χ2n) is 18.4. The summed E-state index contributed by atoms with van der Waals surface area (Å²) in [4.78, 5) is 82.7. The van der Waals surface area contributed by atoms with E-state index in [1.807, 2.05) is 0 Å². The van der Waals surface area contributed by atoms with Gasteiger partial charge >= 0.3 is 12.0 Å². The summed E-state index contributed by atoms with van der Waals surface area (Å²) in [6.07, 6.45) is 12.5. The highest BCUT2D eigenvalue weighted by Crippen LogP contribution is 2.65. The fourth-order valence-electron chi connectivity index (χ4n) is 10.9. The molecule has 0 aromatic rings. The van der Waals surface area contributed by atoms with Gasteiger partial charge in [-0.2, -0.15) is 0 Å². The standard InChI is InChI=1S/C40H61N5O7/c1-7-8-13-28(33(47)35(49)41-17-15-29(46)52-38(2,3)4)42-34(48)32-30-27(39(30,5)6)22-45(32)36(50)31(25-11-9-10-12-25)43-37(51)44-40-16-14-23-18-24(21-40)20-26(40)19-23/h7,23-28,30-32H,1,8-22H2,2-6H3,(H,41,49)(H,42,48)(H2,43,44,51)/t23?,24?,26?,27?,28?,30?,31-,32?,40?/m0/s1. The van der Waals surface area contributed by atoms with Crippen LogP contribution in [0.15, 0.2) is 12.7 Å². The minimum absolute atomic E-state index is 0.0192. The first-order chi connectivity index (χ1) is 24.5. The number of fused-ring (bicyclic) bond motifs is 3. The van der Waals surface area contributed by atoms with Crippen LogP contribution in [0.3, 0.4) is 0 Å². The molecular weight excluding hydrogens is 662 g/mol. The van der Waals surface area contributed by atoms with E-state index in [-0.39, 0.29) is 60.0 Å². The van der Waals surface area contributed by atoms with Gasteiger partial charge in [-0.3, -0.25) is 24.0 Å². The quantitative estimate of drug-likeness (QED) is 0.119. The molecule has 5 amide bonds. The van der Waals surface area contributed by atoms with Crippen molar-refractivity contribution in [2.45, 2.75) is 147 Å². The van der Waals surface area contributed by atoms with E-state index in [4.69, 9.17) is 4.74 Å². The van der Waals surface area contributed by atoms with Gasteiger partial charge in [0.1, 0.15) is 17.7 Å². The highest BCUT2D eigenvalue weighted by atomic mass is 16.6. The third kappa shape index (κ3) is 7.91. The summed E-state index contributed by atoms with van der Waals surface area (Å²) in [5.41, 5.74) is -1.04. The van der Waals surface area contributed by atoms with Crippen molar-refractivity contribution in [3.63, 3.8) is 0 Å². The number of piperidine rings is 1. The van der Waals surface area contributed by atoms with Crippen LogP contribution in [0.25, 0.3) is 0 Å². The minimum atomic E-state index is -1.14. The molecule has 6 rings (SSSR count). The number of urea groups is 1. The van der Waals surface area contributed by atoms with Crippen molar-refractivity contribution in [1.29, 1.82) is 0 Å². The molecule has 1 saturated heterocycles. The van der Waals surface area contributed by atoms with Crippen molar-refractivity contribution < 1.29 is 33.5 Å². The van der Waals surface area contributed by atoms with Crippen LogP contribution in [-0.4, -0.2) is 82.8 Å². The van der Waals surface area contributed by atoms with Crippen LogP contribution < -0.4 is 21.3 Å². The molecule has 8 unspecified atom stereocenters. The SMILES string of the molecule is C=CCCC(NC(=O)C1C2C(CN1C(=O)[C@@H](NC(=O)NC13CCC4CC(CC1C4)C3)C1CCCC1)C2(C)C)C(=O)C(=O)NCCC(=O)OC(C)(C)C. The smallest absolute Gasteiger partial charge is 0.315 e. The van der Waals surface area contributed by atoms with Crippen LogP contribution in [-0.2, 0) is 28.7 Å². The number of carbonyl (C=O) groups is 6. The van der Waals surface area contributed by atoms with Crippen molar-refractivity contribution in [3.05, 3.63) is 12.7 Å². The molecule has 1 heterocycles. The lowest BCUT2D eigenvalue weighted by Gasteiger charge is -2.43. The third-order valence-corrected chi connectivity index (χ3v) is 13.4. The molecule has 0 radical (unpaired) electrons. The Labute approximate surface area is 308 Å². The lowest BCUT2D eigenvalue weighted by Crippen LogP contribution is -2.62. The number of hydrogen-bond acceptors (Lipinski definition) is 7. The Balaban J connectivity index is 1.13. The minimum Gasteiger partial charge on any atom is -0.460 e. The van der Waals surface area contributed by atoms with Crippen LogP contribution in [0.2, 0.25) is 0 Å². The van der Waals surface area contributed by atoms with Gasteiger partial charge in [-0.05, 0) is 126 Å². The number of nitrogens with zero attached hydrogens (tertiary/aromatic N) is 1. The average molecular weight is 724 g/mol. The summed E-state index contributed by atoms with van der Waals surface area (Å²) in [5.74, 6) is -1.03. The zero-order valence-electron chi connectivity index (χ0n) is 31.9. The topological polar surface area (TPSA) is 163 Å². The maximum Gasteiger partial charge on any atom is 0.315 e. The first kappa shape index (κ1) is 38.3. The molecule has 0 aromatic heterocycles. The summed E-state index contributed by atoms with van der Waals surface area (Å²) in [6, 6.07) is -3.01. The van der Waals surface area contributed by atoms with Crippen molar-refractivity contribution in [2.75, 3.05) is 13.1 Å². The molecule has 0 spiro atoms. The van der Waals surface area contributed by atoms with Crippen molar-refractivity contribution in [1.82, 2.24) is 26.2 Å². The Morgan fingerprint density at radius 3 is 2.38 bits per heavy atom. The van der Waals surface area contributed by atoms with Gasteiger partial charge in [0, 0.05) is 18.6 Å². The molecule has 288 valence electrons. The predicted molar refractivity (Wildman–Crippen MR) is 194 cm³/mol. The third-order valence-electron chi connectivity index (χ3n) is 13.4. The summed E-state index contributed by atoms with van der Waals surface area (Å²) in [5, 5.41) is 11.9. The second-order valence-corrected chi connectivity index (χ2v) is 18.4. The van der Waals surface area contributed by atoms with Crippen molar-refractivity contribution in [3.8, 4) is 0 Å². The van der Waals surface area contributed by atoms with Gasteiger partial charge in [-0.25, -0.2) is 4.79 Å². The molecule has 4 N–H and O–H groups in total. The molecule has 0 aromatic carbocycles. The number of amides is 5. The van der Waals surface area contributed by atoms with Crippen molar-refractivity contribution >= 4 is 35.5 Å². The maximum absolute atomic E-state index is 14.6. The molecule has 6 fully saturated rings. The fourth-order valence-corrected chi connectivity index (χ4v) is 10.9. The first-order valence-corrected chi connectivity index (χ1v) is 19.9. The Kier molecular flexibility index (Phi) is 10.9. The highest BCUT2D eigenvalue weighted by molar-refractivity contribution is 6.38. The largest absolute Gasteiger partial charge is 0.460 e. The van der Waals surface area contributed by atoms with Crippen LogP contribution in [0, 0.1) is 40.9 Å². The normalized spacial score (nSPS) is 32.3. The Bertz CT molecular complexity index is 1450. The van der Waals surface area contributed by atoms with E-state index in [9.17, 15) is 28.8 Å². The van der Waals surface area contributed by atoms with Gasteiger partial charge in [0.2, 0.25) is 17.6 Å². The van der Waals surface area contributed by atoms with Gasteiger partial charge < -0.3 is 30.9 Å². The highest BCUT2D eigenvalue weighted by Gasteiger charge is 2.70. The number of ether oxygens (including phenoxy) is 1. The summed E-state index contributed by atoms with van der Waals surface area (Å²) in [7, 11) is 0. The predicted octanol–water partition coefficient (Wildman–Crippen LogP) is 4.16. The van der Waals surface area contributed by atoms with E-state index in [0.29, 0.717) is 24.8 Å². The average Bonchev–Trinajstić information content (AvgIpc) is 3.55. The fraction of sp³-hybridized carbons (Fsp3) is 0.800. The van der Waals surface area contributed by atoms with E-state index in [2.05, 4.69) is 41.7 Å². The number of likely N-dealkylation sites (tertiary alicyclic amines) is 1. The molecule has 9 atom stereocenters. The number of nitrogens with one attached hydrogen (secondary N) is 4. The Morgan fingerprint density at radius 2 is 1.69 bits per heavy atom. The van der Waals surface area contributed by atoms with Crippen molar-refractivity contribution in [2.24, 2.45) is 40.9 Å². The molecule has 12 heteroatoms. The molecule has 1 aliphatic heterocycles. The monoisotopic (exact) mass is 723 g/mol. The van der Waals surface area contributed by atoms with Gasteiger partial charge in [-0.1, -0.05) is 32.8 Å². The van der Waals surface area contributed by atoms with Crippen LogP contribution in [0.5, 0.6) is 0 Å². The molecular formula is C40H61N5O7. The summed E-state index contributed by atoms with van der Waals surface area (Å²) >= 11 is 0. The first-order valence-electron chi connectivity index (χ1n) is 19.9. The van der Waals surface area contributed by atoms with Gasteiger partial charge in [0.15, 0.2) is 0 Å². The number of allylic oxidation sites excluding steroid dienone is 1. The van der Waals surface area contributed by atoms with E-state index in [0.717, 1.165) is 50.9 Å². The van der Waals surface area contributed by atoms with E-state index in [1.54, 1.807) is 31.7 Å².